The number of pyridine rings is 1. The summed E-state index contributed by atoms with van der Waals surface area (Å²) < 4.78 is 46.2. The van der Waals surface area contributed by atoms with E-state index in [2.05, 4.69) is 4.98 Å². The molecule has 1 aliphatic heterocycles. The number of alkyl halides is 3. The van der Waals surface area contributed by atoms with Crippen LogP contribution in [0, 0.1) is 0 Å². The molecule has 4 rings (SSSR count). The van der Waals surface area contributed by atoms with Crippen molar-refractivity contribution in [3.05, 3.63) is 77.5 Å². The summed E-state index contributed by atoms with van der Waals surface area (Å²) in [6.45, 7) is 1.84. The van der Waals surface area contributed by atoms with Crippen LogP contribution in [0.25, 0.3) is 11.3 Å². The number of likely N-dealkylation sites (tertiary alicyclic amines) is 1. The fourth-order valence-corrected chi connectivity index (χ4v) is 3.79. The molecule has 1 saturated heterocycles. The highest BCUT2D eigenvalue weighted by Crippen LogP contribution is 2.36. The van der Waals surface area contributed by atoms with Gasteiger partial charge in [-0.05, 0) is 86.1 Å². The van der Waals surface area contributed by atoms with Crippen molar-refractivity contribution in [2.45, 2.75) is 25.6 Å². The molecule has 3 aromatic rings. The number of ether oxygens (including phenoxy) is 1. The van der Waals surface area contributed by atoms with E-state index in [-0.39, 0.29) is 17.8 Å². The van der Waals surface area contributed by atoms with E-state index in [4.69, 9.17) is 10.5 Å². The maximum absolute atomic E-state index is 13.5. The molecule has 5 nitrogen and oxygen atoms in total. The van der Waals surface area contributed by atoms with Crippen molar-refractivity contribution in [3.63, 3.8) is 0 Å². The summed E-state index contributed by atoms with van der Waals surface area (Å²) in [7, 11) is 0. The molecule has 2 aromatic carbocycles. The van der Waals surface area contributed by atoms with Gasteiger partial charge in [-0.25, -0.2) is 4.98 Å². The molecule has 0 bridgehead atoms. The molecular formula is C24H22F3N3O2. The second kappa shape index (κ2) is 9.00. The van der Waals surface area contributed by atoms with Gasteiger partial charge in [0.05, 0.1) is 11.3 Å². The fourth-order valence-electron chi connectivity index (χ4n) is 3.79. The minimum absolute atomic E-state index is 0.165. The SMILES string of the molecule is NC(=O)c1cccc(-c2ccc(Oc3ccc(C(F)(F)F)c(CN4CCCC4)c3)cc2)n1. The number of hydrogen-bond donors (Lipinski definition) is 1. The second-order valence-corrected chi connectivity index (χ2v) is 7.70. The standard InChI is InChI=1S/C24H22F3N3O2/c25-24(26,27)20-11-10-19(14-17(20)15-30-12-1-2-13-30)32-18-8-6-16(7-9-18)21-4-3-5-22(29-21)23(28)31/h3-11,14H,1-2,12-13,15H2,(H2,28,31). The van der Waals surface area contributed by atoms with E-state index in [1.54, 1.807) is 36.4 Å². The Hall–Kier alpha value is -3.39. The third-order valence-electron chi connectivity index (χ3n) is 5.36. The summed E-state index contributed by atoms with van der Waals surface area (Å²) in [5.41, 5.74) is 6.35. The Morgan fingerprint density at radius 3 is 2.34 bits per heavy atom. The molecule has 0 spiro atoms. The summed E-state index contributed by atoms with van der Waals surface area (Å²) in [4.78, 5) is 17.6. The van der Waals surface area contributed by atoms with Crippen molar-refractivity contribution in [2.24, 2.45) is 5.73 Å². The number of primary amides is 1. The molecular weight excluding hydrogens is 419 g/mol. The van der Waals surface area contributed by atoms with Gasteiger partial charge in [0.2, 0.25) is 0 Å². The smallest absolute Gasteiger partial charge is 0.416 e. The molecule has 1 aromatic heterocycles. The molecule has 2 N–H and O–H groups in total. The summed E-state index contributed by atoms with van der Waals surface area (Å²) >= 11 is 0. The minimum atomic E-state index is -4.41. The molecule has 0 saturated carbocycles. The quantitative estimate of drug-likeness (QED) is 0.567. The van der Waals surface area contributed by atoms with E-state index in [9.17, 15) is 18.0 Å². The first-order chi connectivity index (χ1) is 15.3. The molecule has 2 heterocycles. The van der Waals surface area contributed by atoms with Gasteiger partial charge in [0.15, 0.2) is 0 Å². The molecule has 0 radical (unpaired) electrons. The van der Waals surface area contributed by atoms with E-state index in [0.717, 1.165) is 37.6 Å². The number of nitrogens with two attached hydrogens (primary N) is 1. The first-order valence-electron chi connectivity index (χ1n) is 10.3. The Labute approximate surface area is 183 Å². The molecule has 8 heteroatoms. The van der Waals surface area contributed by atoms with Crippen molar-refractivity contribution in [2.75, 3.05) is 13.1 Å². The van der Waals surface area contributed by atoms with Crippen LogP contribution in [0.4, 0.5) is 13.2 Å². The lowest BCUT2D eigenvalue weighted by atomic mass is 10.1. The molecule has 0 unspecified atom stereocenters. The highest BCUT2D eigenvalue weighted by atomic mass is 19.4. The van der Waals surface area contributed by atoms with Crippen molar-refractivity contribution in [1.29, 1.82) is 0 Å². The highest BCUT2D eigenvalue weighted by Gasteiger charge is 2.34. The summed E-state index contributed by atoms with van der Waals surface area (Å²) in [5.74, 6) is 0.208. The van der Waals surface area contributed by atoms with E-state index in [1.165, 1.54) is 18.2 Å². The summed E-state index contributed by atoms with van der Waals surface area (Å²) in [5, 5.41) is 0. The van der Waals surface area contributed by atoms with Crippen LogP contribution in [0.5, 0.6) is 11.5 Å². The number of amides is 1. The van der Waals surface area contributed by atoms with Gasteiger partial charge in [-0.15, -0.1) is 0 Å². The van der Waals surface area contributed by atoms with Crippen LogP contribution in [0.3, 0.4) is 0 Å². The number of carbonyl (C=O) groups excluding carboxylic acids is 1. The van der Waals surface area contributed by atoms with Gasteiger partial charge < -0.3 is 10.5 Å². The van der Waals surface area contributed by atoms with Crippen LogP contribution in [0.1, 0.15) is 34.5 Å². The van der Waals surface area contributed by atoms with Crippen LogP contribution >= 0.6 is 0 Å². The van der Waals surface area contributed by atoms with Gasteiger partial charge in [-0.3, -0.25) is 9.69 Å². The van der Waals surface area contributed by atoms with Crippen molar-refractivity contribution >= 4 is 5.91 Å². The van der Waals surface area contributed by atoms with E-state index < -0.39 is 17.6 Å². The number of rotatable bonds is 6. The van der Waals surface area contributed by atoms with Gasteiger partial charge in [0, 0.05) is 12.1 Å². The Bertz CT molecular complexity index is 1110. The zero-order valence-corrected chi connectivity index (χ0v) is 17.2. The maximum Gasteiger partial charge on any atom is 0.416 e. The third kappa shape index (κ3) is 5.08. The molecule has 1 aliphatic rings. The fraction of sp³-hybridized carbons (Fsp3) is 0.250. The number of benzene rings is 2. The first-order valence-corrected chi connectivity index (χ1v) is 10.3. The van der Waals surface area contributed by atoms with Crippen LogP contribution in [-0.4, -0.2) is 28.9 Å². The molecule has 32 heavy (non-hydrogen) atoms. The Kier molecular flexibility index (Phi) is 6.14. The Morgan fingerprint density at radius 2 is 1.69 bits per heavy atom. The number of halogens is 3. The van der Waals surface area contributed by atoms with Crippen LogP contribution in [-0.2, 0) is 12.7 Å². The predicted molar refractivity (Wildman–Crippen MR) is 114 cm³/mol. The van der Waals surface area contributed by atoms with Crippen molar-refractivity contribution < 1.29 is 22.7 Å². The third-order valence-corrected chi connectivity index (χ3v) is 5.36. The Morgan fingerprint density at radius 1 is 1.00 bits per heavy atom. The van der Waals surface area contributed by atoms with Crippen LogP contribution in [0.2, 0.25) is 0 Å². The number of aromatic nitrogens is 1. The lowest BCUT2D eigenvalue weighted by molar-refractivity contribution is -0.138. The van der Waals surface area contributed by atoms with E-state index in [1.807, 2.05) is 4.90 Å². The second-order valence-electron chi connectivity index (χ2n) is 7.70. The summed E-state index contributed by atoms with van der Waals surface area (Å²) in [6, 6.07) is 15.8. The van der Waals surface area contributed by atoms with Gasteiger partial charge in [-0.2, -0.15) is 13.2 Å². The number of carbonyl (C=O) groups is 1. The zero-order chi connectivity index (χ0) is 22.7. The van der Waals surface area contributed by atoms with Gasteiger partial charge in [-0.1, -0.05) is 6.07 Å². The largest absolute Gasteiger partial charge is 0.457 e. The monoisotopic (exact) mass is 441 g/mol. The molecule has 1 amide bonds. The molecule has 0 atom stereocenters. The highest BCUT2D eigenvalue weighted by molar-refractivity contribution is 5.91. The molecule has 1 fully saturated rings. The van der Waals surface area contributed by atoms with Gasteiger partial charge in [0.25, 0.3) is 5.91 Å². The van der Waals surface area contributed by atoms with Crippen LogP contribution in [0.15, 0.2) is 60.7 Å². The normalized spacial score (nSPS) is 14.5. The molecule has 0 aliphatic carbocycles. The topological polar surface area (TPSA) is 68.5 Å². The first kappa shape index (κ1) is 21.8. The van der Waals surface area contributed by atoms with Gasteiger partial charge in [0.1, 0.15) is 17.2 Å². The van der Waals surface area contributed by atoms with Crippen molar-refractivity contribution in [1.82, 2.24) is 9.88 Å². The summed E-state index contributed by atoms with van der Waals surface area (Å²) in [6.07, 6.45) is -2.41. The number of nitrogens with zero attached hydrogens (tertiary/aromatic N) is 2. The lowest BCUT2D eigenvalue weighted by Gasteiger charge is -2.20. The zero-order valence-electron chi connectivity index (χ0n) is 17.2. The van der Waals surface area contributed by atoms with E-state index in [0.29, 0.717) is 17.2 Å². The van der Waals surface area contributed by atoms with Gasteiger partial charge >= 0.3 is 6.18 Å². The van der Waals surface area contributed by atoms with E-state index >= 15 is 0 Å². The average Bonchev–Trinajstić information content (AvgIpc) is 3.27. The average molecular weight is 441 g/mol. The maximum atomic E-state index is 13.5. The van der Waals surface area contributed by atoms with Crippen LogP contribution < -0.4 is 10.5 Å². The predicted octanol–water partition coefficient (Wildman–Crippen LogP) is 5.25. The van der Waals surface area contributed by atoms with Crippen molar-refractivity contribution in [3.8, 4) is 22.8 Å². The Balaban J connectivity index is 1.54. The molecule has 166 valence electrons. The number of hydrogen-bond acceptors (Lipinski definition) is 4. The minimum Gasteiger partial charge on any atom is -0.457 e. The lowest BCUT2D eigenvalue weighted by Crippen LogP contribution is -2.21.